The van der Waals surface area contributed by atoms with E-state index in [0.717, 1.165) is 11.3 Å². The highest BCUT2D eigenvalue weighted by molar-refractivity contribution is 5.72. The van der Waals surface area contributed by atoms with E-state index in [1.54, 1.807) is 0 Å². The number of pyridine rings is 4. The van der Waals surface area contributed by atoms with Gasteiger partial charge in [0.25, 0.3) is 0 Å². The molecule has 4 nitrogen and oxygen atoms in total. The maximum Gasteiger partial charge on any atom is 0.213 e. The van der Waals surface area contributed by atoms with Crippen molar-refractivity contribution in [1.29, 1.82) is 0 Å². The van der Waals surface area contributed by atoms with Gasteiger partial charge in [0.1, 0.15) is 21.1 Å². The lowest BCUT2D eigenvalue weighted by molar-refractivity contribution is -0.660. The van der Waals surface area contributed by atoms with Crippen molar-refractivity contribution in [3.05, 3.63) is 230 Å². The summed E-state index contributed by atoms with van der Waals surface area (Å²) in [6.45, 7) is 6.46. The second-order valence-electron chi connectivity index (χ2n) is 15.1. The van der Waals surface area contributed by atoms with Crippen LogP contribution in [0.3, 0.4) is 0 Å². The fraction of sp³-hybridized carbons (Fsp3) is 0.107. The van der Waals surface area contributed by atoms with Crippen LogP contribution < -0.4 is 13.7 Å². The molecular formula is C56H53N4+3. The van der Waals surface area contributed by atoms with E-state index in [2.05, 4.69) is 249 Å². The van der Waals surface area contributed by atoms with Gasteiger partial charge in [-0.05, 0) is 90.0 Å². The van der Waals surface area contributed by atoms with E-state index >= 15 is 0 Å². The van der Waals surface area contributed by atoms with Crippen molar-refractivity contribution in [2.24, 2.45) is 21.1 Å². The Morgan fingerprint density at radius 1 is 0.317 bits per heavy atom. The average Bonchev–Trinajstić information content (AvgIpc) is 3.29. The van der Waals surface area contributed by atoms with E-state index in [-0.39, 0.29) is 0 Å². The Hall–Kier alpha value is -7.30. The minimum Gasteiger partial charge on any atom is -0.256 e. The number of rotatable bonds is 6. The Kier molecular flexibility index (Phi) is 13.2. The van der Waals surface area contributed by atoms with E-state index < -0.39 is 0 Å². The summed E-state index contributed by atoms with van der Waals surface area (Å²) in [5.74, 6) is 0. The van der Waals surface area contributed by atoms with Gasteiger partial charge in [-0.1, -0.05) is 121 Å². The van der Waals surface area contributed by atoms with Gasteiger partial charge < -0.3 is 0 Å². The van der Waals surface area contributed by atoms with Crippen LogP contribution >= 0.6 is 0 Å². The Morgan fingerprint density at radius 3 is 1.02 bits per heavy atom. The summed E-state index contributed by atoms with van der Waals surface area (Å²) < 4.78 is 6.50. The van der Waals surface area contributed by atoms with E-state index in [1.165, 1.54) is 72.7 Å². The van der Waals surface area contributed by atoms with Crippen LogP contribution in [0.1, 0.15) is 16.7 Å². The lowest BCUT2D eigenvalue weighted by Gasteiger charge is -2.06. The van der Waals surface area contributed by atoms with Crippen LogP contribution in [-0.2, 0) is 21.1 Å². The summed E-state index contributed by atoms with van der Waals surface area (Å²) >= 11 is 0. The predicted octanol–water partition coefficient (Wildman–Crippen LogP) is 11.9. The lowest BCUT2D eigenvalue weighted by Crippen LogP contribution is -2.30. The van der Waals surface area contributed by atoms with Crippen LogP contribution in [0.5, 0.6) is 0 Å². The molecule has 0 amide bonds. The molecule has 0 spiro atoms. The molecule has 9 rings (SSSR count). The van der Waals surface area contributed by atoms with Gasteiger partial charge in [-0.3, -0.25) is 4.98 Å². The molecule has 0 aliphatic heterocycles. The molecule has 60 heavy (non-hydrogen) atoms. The minimum absolute atomic E-state index is 1.00. The highest BCUT2D eigenvalue weighted by Gasteiger charge is 2.16. The SMILES string of the molecule is Cc1ccccc1-c1cc(-c2ccccc2)cc[n+]1C.Cc1ccccc1-c1cc(-c2ccccc2)cc[n+]1C.Cc1ccccc1-c1cc(-c2ccccn2)cc[n+]1C. The van der Waals surface area contributed by atoms with Crippen molar-refractivity contribution in [3.8, 4) is 67.3 Å². The van der Waals surface area contributed by atoms with Gasteiger partial charge in [0.05, 0.1) is 5.69 Å². The van der Waals surface area contributed by atoms with Crippen LogP contribution in [0.25, 0.3) is 67.3 Å². The van der Waals surface area contributed by atoms with Crippen molar-refractivity contribution < 1.29 is 13.7 Å². The quantitative estimate of drug-likeness (QED) is 0.154. The molecular weight excluding hydrogens is 729 g/mol. The van der Waals surface area contributed by atoms with Crippen molar-refractivity contribution in [3.63, 3.8) is 0 Å². The van der Waals surface area contributed by atoms with Crippen molar-refractivity contribution in [2.45, 2.75) is 20.8 Å². The molecule has 0 bridgehead atoms. The molecule has 0 aliphatic rings. The zero-order valence-corrected chi connectivity index (χ0v) is 35.5. The zero-order valence-electron chi connectivity index (χ0n) is 35.5. The van der Waals surface area contributed by atoms with Crippen LogP contribution in [0, 0.1) is 20.8 Å². The van der Waals surface area contributed by atoms with Gasteiger partial charge in [-0.2, -0.15) is 0 Å². The Labute approximate surface area is 356 Å². The van der Waals surface area contributed by atoms with Gasteiger partial charge in [0.2, 0.25) is 17.1 Å². The molecule has 0 saturated carbocycles. The zero-order chi connectivity index (χ0) is 41.8. The van der Waals surface area contributed by atoms with Crippen LogP contribution in [0.15, 0.2) is 213 Å². The molecule has 5 aromatic carbocycles. The summed E-state index contributed by atoms with van der Waals surface area (Å²) in [5, 5.41) is 0. The smallest absolute Gasteiger partial charge is 0.213 e. The molecule has 0 atom stereocenters. The minimum atomic E-state index is 1.00. The fourth-order valence-electron chi connectivity index (χ4n) is 7.41. The molecule has 4 heterocycles. The first kappa shape index (κ1) is 40.9. The number of hydrogen-bond donors (Lipinski definition) is 0. The third kappa shape index (κ3) is 9.86. The molecule has 0 unspecified atom stereocenters. The average molecular weight is 782 g/mol. The fourth-order valence-corrected chi connectivity index (χ4v) is 7.41. The molecule has 4 aromatic heterocycles. The highest BCUT2D eigenvalue weighted by atomic mass is 14.9. The molecule has 0 radical (unpaired) electrons. The van der Waals surface area contributed by atoms with Crippen molar-refractivity contribution in [1.82, 2.24) is 4.98 Å². The van der Waals surface area contributed by atoms with E-state index in [4.69, 9.17) is 0 Å². The maximum absolute atomic E-state index is 4.43. The standard InChI is InChI=1S/2C19H18N.C18H17N2/c2*1-15-8-6-7-11-18(15)19-14-17(12-13-20(19)2)16-9-4-3-5-10-16;1-14-7-3-4-8-16(14)18-13-15(10-12-20(18)2)17-9-5-6-11-19-17/h2*3-14H,1-2H3;3-13H,1-2H3/q3*+1. The summed E-state index contributed by atoms with van der Waals surface area (Å²) in [6.07, 6.45) is 8.18. The molecule has 9 aromatic rings. The summed E-state index contributed by atoms with van der Waals surface area (Å²) in [6, 6.07) is 65.6. The van der Waals surface area contributed by atoms with Gasteiger partial charge >= 0.3 is 0 Å². The Morgan fingerprint density at radius 2 is 0.650 bits per heavy atom. The van der Waals surface area contributed by atoms with Crippen molar-refractivity contribution >= 4 is 0 Å². The van der Waals surface area contributed by atoms with Crippen LogP contribution in [0.4, 0.5) is 0 Å². The molecule has 294 valence electrons. The normalized spacial score (nSPS) is 10.5. The summed E-state index contributed by atoms with van der Waals surface area (Å²) in [4.78, 5) is 4.43. The van der Waals surface area contributed by atoms with E-state index in [1.807, 2.05) is 24.4 Å². The Bertz CT molecular complexity index is 2500. The lowest BCUT2D eigenvalue weighted by atomic mass is 10.0. The number of hydrogen-bond acceptors (Lipinski definition) is 1. The maximum atomic E-state index is 4.43. The topological polar surface area (TPSA) is 24.5 Å². The first-order valence-corrected chi connectivity index (χ1v) is 20.5. The second-order valence-corrected chi connectivity index (χ2v) is 15.1. The van der Waals surface area contributed by atoms with E-state index in [0.29, 0.717) is 0 Å². The summed E-state index contributed by atoms with van der Waals surface area (Å²) in [5.41, 5.74) is 18.5. The highest BCUT2D eigenvalue weighted by Crippen LogP contribution is 2.28. The Balaban J connectivity index is 0.000000136. The first-order valence-electron chi connectivity index (χ1n) is 20.5. The monoisotopic (exact) mass is 781 g/mol. The second kappa shape index (κ2) is 19.4. The molecule has 0 fully saturated rings. The molecule has 0 aliphatic carbocycles. The van der Waals surface area contributed by atoms with Crippen molar-refractivity contribution in [2.75, 3.05) is 0 Å². The van der Waals surface area contributed by atoms with Gasteiger partial charge in [0, 0.05) is 64.8 Å². The van der Waals surface area contributed by atoms with Gasteiger partial charge in [0.15, 0.2) is 18.6 Å². The number of benzene rings is 5. The largest absolute Gasteiger partial charge is 0.256 e. The van der Waals surface area contributed by atoms with Gasteiger partial charge in [-0.15, -0.1) is 0 Å². The third-order valence-corrected chi connectivity index (χ3v) is 10.9. The van der Waals surface area contributed by atoms with Crippen LogP contribution in [0.2, 0.25) is 0 Å². The molecule has 0 N–H and O–H groups in total. The van der Waals surface area contributed by atoms with Crippen LogP contribution in [-0.4, -0.2) is 4.98 Å². The predicted molar refractivity (Wildman–Crippen MR) is 247 cm³/mol. The third-order valence-electron chi connectivity index (χ3n) is 10.9. The molecule has 4 heteroatoms. The summed E-state index contributed by atoms with van der Waals surface area (Å²) in [7, 11) is 6.26. The number of aromatic nitrogens is 4. The van der Waals surface area contributed by atoms with E-state index in [9.17, 15) is 0 Å². The number of nitrogens with zero attached hydrogens (tertiary/aromatic N) is 4. The first-order chi connectivity index (χ1) is 29.3. The number of aryl methyl sites for hydroxylation is 6. The molecule has 0 saturated heterocycles. The van der Waals surface area contributed by atoms with Gasteiger partial charge in [-0.25, -0.2) is 13.7 Å².